The number of hydrogen-bond donors (Lipinski definition) is 1. The lowest BCUT2D eigenvalue weighted by Gasteiger charge is -2.10. The fraction of sp³-hybridized carbons (Fsp3) is 0.583. The van der Waals surface area contributed by atoms with E-state index < -0.39 is 0 Å². The van der Waals surface area contributed by atoms with E-state index in [0.29, 0.717) is 0 Å². The van der Waals surface area contributed by atoms with Crippen molar-refractivity contribution in [2.45, 2.75) is 46.4 Å². The molecule has 0 aliphatic carbocycles. The quantitative estimate of drug-likeness (QED) is 0.838. The second-order valence-electron chi connectivity index (χ2n) is 4.26. The van der Waals surface area contributed by atoms with Crippen LogP contribution in [-0.2, 0) is 19.6 Å². The monoisotopic (exact) mass is 248 g/mol. The molecule has 0 unspecified atom stereocenters. The van der Waals surface area contributed by atoms with Crippen molar-refractivity contribution in [2.24, 2.45) is 0 Å². The van der Waals surface area contributed by atoms with Crippen LogP contribution >= 0.6 is 0 Å². The van der Waals surface area contributed by atoms with Crippen molar-refractivity contribution in [1.29, 1.82) is 0 Å². The van der Waals surface area contributed by atoms with Gasteiger partial charge in [-0.25, -0.2) is 0 Å². The van der Waals surface area contributed by atoms with Crippen LogP contribution in [0.5, 0.6) is 0 Å². The summed E-state index contributed by atoms with van der Waals surface area (Å²) in [5.74, 6) is 0. The molecule has 6 heteroatoms. The Morgan fingerprint density at radius 2 is 2.06 bits per heavy atom. The molecule has 0 aromatic carbocycles. The average Bonchev–Trinajstić information content (AvgIpc) is 3.04. The van der Waals surface area contributed by atoms with Crippen LogP contribution in [0, 0.1) is 0 Å². The first-order valence-electron chi connectivity index (χ1n) is 6.37. The Labute approximate surface area is 107 Å². The molecule has 0 bridgehead atoms. The lowest BCUT2D eigenvalue weighted by atomic mass is 10.2. The zero-order valence-electron chi connectivity index (χ0n) is 11.2. The molecule has 2 aromatic rings. The summed E-state index contributed by atoms with van der Waals surface area (Å²) in [7, 11) is 0. The van der Waals surface area contributed by atoms with E-state index in [4.69, 9.17) is 0 Å². The number of hydrogen-bond acceptors (Lipinski definition) is 4. The number of aryl methyl sites for hydroxylation is 2. The third-order valence-corrected chi connectivity index (χ3v) is 2.93. The molecule has 0 spiro atoms. The Morgan fingerprint density at radius 1 is 1.22 bits per heavy atom. The molecule has 0 aliphatic heterocycles. The van der Waals surface area contributed by atoms with Gasteiger partial charge < -0.3 is 5.32 Å². The normalized spacial score (nSPS) is 12.8. The molecule has 6 nitrogen and oxygen atoms in total. The van der Waals surface area contributed by atoms with E-state index in [0.717, 1.165) is 25.3 Å². The Hall–Kier alpha value is -1.69. The highest BCUT2D eigenvalue weighted by atomic mass is 15.5. The Bertz CT molecular complexity index is 486. The van der Waals surface area contributed by atoms with E-state index >= 15 is 0 Å². The SMILES string of the molecule is CCn1cc([C@H](C)NCc2cnn(CC)n2)cn1. The Kier molecular flexibility index (Phi) is 4.09. The molecule has 98 valence electrons. The fourth-order valence-corrected chi connectivity index (χ4v) is 1.72. The van der Waals surface area contributed by atoms with E-state index in [9.17, 15) is 0 Å². The van der Waals surface area contributed by atoms with Crippen molar-refractivity contribution in [3.8, 4) is 0 Å². The zero-order chi connectivity index (χ0) is 13.0. The largest absolute Gasteiger partial charge is 0.304 e. The predicted octanol–water partition coefficient (Wildman–Crippen LogP) is 1.37. The van der Waals surface area contributed by atoms with Gasteiger partial charge in [0, 0.05) is 30.9 Å². The van der Waals surface area contributed by atoms with Crippen LogP contribution in [-0.4, -0.2) is 24.8 Å². The van der Waals surface area contributed by atoms with Crippen LogP contribution in [0.15, 0.2) is 18.6 Å². The van der Waals surface area contributed by atoms with Gasteiger partial charge in [-0.3, -0.25) is 4.68 Å². The van der Waals surface area contributed by atoms with E-state index in [1.54, 1.807) is 11.0 Å². The lowest BCUT2D eigenvalue weighted by Crippen LogP contribution is -2.18. The third-order valence-electron chi connectivity index (χ3n) is 2.93. The first-order valence-corrected chi connectivity index (χ1v) is 6.37. The molecule has 2 heterocycles. The van der Waals surface area contributed by atoms with Crippen LogP contribution in [0.3, 0.4) is 0 Å². The second-order valence-corrected chi connectivity index (χ2v) is 4.26. The number of nitrogens with one attached hydrogen (secondary N) is 1. The Morgan fingerprint density at radius 3 is 2.67 bits per heavy atom. The summed E-state index contributed by atoms with van der Waals surface area (Å²) in [5, 5.41) is 16.2. The fourth-order valence-electron chi connectivity index (χ4n) is 1.72. The number of nitrogens with zero attached hydrogens (tertiary/aromatic N) is 5. The van der Waals surface area contributed by atoms with Gasteiger partial charge in [0.25, 0.3) is 0 Å². The zero-order valence-corrected chi connectivity index (χ0v) is 11.2. The maximum atomic E-state index is 4.34. The summed E-state index contributed by atoms with van der Waals surface area (Å²) in [5.41, 5.74) is 2.16. The summed E-state index contributed by atoms with van der Waals surface area (Å²) in [6.45, 7) is 8.66. The molecule has 1 atom stereocenters. The molecule has 2 rings (SSSR count). The summed E-state index contributed by atoms with van der Waals surface area (Å²) >= 11 is 0. The van der Waals surface area contributed by atoms with Crippen molar-refractivity contribution < 1.29 is 0 Å². The van der Waals surface area contributed by atoms with Gasteiger partial charge in [-0.1, -0.05) is 0 Å². The van der Waals surface area contributed by atoms with Gasteiger partial charge in [0.15, 0.2) is 0 Å². The molecule has 0 saturated carbocycles. The molecule has 0 saturated heterocycles. The van der Waals surface area contributed by atoms with Gasteiger partial charge in [-0.05, 0) is 20.8 Å². The van der Waals surface area contributed by atoms with Gasteiger partial charge in [0.05, 0.1) is 24.6 Å². The van der Waals surface area contributed by atoms with Crippen LogP contribution in [0.4, 0.5) is 0 Å². The molecular weight excluding hydrogens is 228 g/mol. The van der Waals surface area contributed by atoms with Gasteiger partial charge in [-0.2, -0.15) is 20.1 Å². The predicted molar refractivity (Wildman–Crippen MR) is 68.9 cm³/mol. The average molecular weight is 248 g/mol. The maximum absolute atomic E-state index is 4.34. The number of rotatable bonds is 6. The molecular formula is C12H20N6. The summed E-state index contributed by atoms with van der Waals surface area (Å²) in [4.78, 5) is 1.69. The second kappa shape index (κ2) is 5.77. The molecule has 1 N–H and O–H groups in total. The maximum Gasteiger partial charge on any atom is 0.0965 e. The van der Waals surface area contributed by atoms with Crippen LogP contribution < -0.4 is 5.32 Å². The molecule has 18 heavy (non-hydrogen) atoms. The van der Waals surface area contributed by atoms with Gasteiger partial charge >= 0.3 is 0 Å². The Balaban J connectivity index is 1.89. The third kappa shape index (κ3) is 2.95. The van der Waals surface area contributed by atoms with Crippen LogP contribution in [0.25, 0.3) is 0 Å². The number of aromatic nitrogens is 5. The lowest BCUT2D eigenvalue weighted by molar-refractivity contribution is 0.537. The summed E-state index contributed by atoms with van der Waals surface area (Å²) in [6, 6.07) is 0.261. The first kappa shape index (κ1) is 12.8. The van der Waals surface area contributed by atoms with Crippen molar-refractivity contribution in [3.63, 3.8) is 0 Å². The van der Waals surface area contributed by atoms with Crippen molar-refractivity contribution in [3.05, 3.63) is 29.8 Å². The van der Waals surface area contributed by atoms with Crippen LogP contribution in [0.1, 0.15) is 38.1 Å². The minimum Gasteiger partial charge on any atom is -0.304 e. The van der Waals surface area contributed by atoms with E-state index in [1.807, 2.05) is 17.8 Å². The molecule has 0 radical (unpaired) electrons. The first-order chi connectivity index (χ1) is 8.72. The van der Waals surface area contributed by atoms with Crippen LogP contribution in [0.2, 0.25) is 0 Å². The van der Waals surface area contributed by atoms with Crippen molar-refractivity contribution in [2.75, 3.05) is 0 Å². The molecule has 2 aromatic heterocycles. The molecule has 0 fully saturated rings. The van der Waals surface area contributed by atoms with Gasteiger partial charge in [-0.15, -0.1) is 0 Å². The van der Waals surface area contributed by atoms with Crippen molar-refractivity contribution >= 4 is 0 Å². The highest BCUT2D eigenvalue weighted by Crippen LogP contribution is 2.11. The molecule has 0 aliphatic rings. The topological polar surface area (TPSA) is 60.6 Å². The minimum atomic E-state index is 0.261. The van der Waals surface area contributed by atoms with Gasteiger partial charge in [0.1, 0.15) is 0 Å². The minimum absolute atomic E-state index is 0.261. The van der Waals surface area contributed by atoms with E-state index in [-0.39, 0.29) is 6.04 Å². The molecule has 0 amide bonds. The highest BCUT2D eigenvalue weighted by Gasteiger charge is 2.08. The van der Waals surface area contributed by atoms with Crippen molar-refractivity contribution in [1.82, 2.24) is 30.1 Å². The summed E-state index contributed by atoms with van der Waals surface area (Å²) in [6.07, 6.45) is 5.78. The van der Waals surface area contributed by atoms with E-state index in [1.165, 1.54) is 5.56 Å². The highest BCUT2D eigenvalue weighted by molar-refractivity contribution is 5.09. The van der Waals surface area contributed by atoms with E-state index in [2.05, 4.69) is 40.7 Å². The summed E-state index contributed by atoms with van der Waals surface area (Å²) < 4.78 is 1.93. The van der Waals surface area contributed by atoms with Gasteiger partial charge in [0.2, 0.25) is 0 Å². The standard InChI is InChI=1S/C12H20N6/c1-4-17-9-11(6-14-17)10(3)13-7-12-8-15-18(5-2)16-12/h6,8-10,13H,4-5,7H2,1-3H3/t10-/m0/s1. The smallest absolute Gasteiger partial charge is 0.0965 e.